The molecule has 0 aliphatic heterocycles. The second-order valence-electron chi connectivity index (χ2n) is 4.81. The molecule has 0 saturated heterocycles. The molecule has 0 aliphatic rings. The van der Waals surface area contributed by atoms with E-state index in [1.165, 1.54) is 0 Å². The lowest BCUT2D eigenvalue weighted by atomic mass is 10.2. The van der Waals surface area contributed by atoms with E-state index in [4.69, 9.17) is 11.6 Å². The van der Waals surface area contributed by atoms with Gasteiger partial charge in [0.05, 0.1) is 5.56 Å². The highest BCUT2D eigenvalue weighted by Crippen LogP contribution is 2.21. The predicted molar refractivity (Wildman–Crippen MR) is 83.9 cm³/mol. The third-order valence-corrected chi connectivity index (χ3v) is 3.92. The Kier molecular flexibility index (Phi) is 6.83. The number of halogens is 2. The number of hydrogen-bond donors (Lipinski definition) is 1. The first-order chi connectivity index (χ1) is 8.91. The molecule has 5 heteroatoms. The minimum Gasteiger partial charge on any atom is -0.352 e. The van der Waals surface area contributed by atoms with E-state index in [2.05, 4.69) is 47.0 Å². The molecule has 106 valence electrons. The van der Waals surface area contributed by atoms with Crippen LogP contribution in [0, 0.1) is 0 Å². The molecule has 19 heavy (non-hydrogen) atoms. The van der Waals surface area contributed by atoms with Gasteiger partial charge in [-0.3, -0.25) is 4.79 Å². The van der Waals surface area contributed by atoms with Crippen LogP contribution in [0.4, 0.5) is 0 Å². The first-order valence-corrected chi connectivity index (χ1v) is 7.52. The van der Waals surface area contributed by atoms with Crippen LogP contribution in [0.3, 0.4) is 0 Å². The fourth-order valence-electron chi connectivity index (χ4n) is 1.56. The molecule has 0 fully saturated rings. The highest BCUT2D eigenvalue weighted by molar-refractivity contribution is 9.10. The van der Waals surface area contributed by atoms with Crippen LogP contribution < -0.4 is 5.32 Å². The van der Waals surface area contributed by atoms with Gasteiger partial charge in [-0.1, -0.05) is 11.6 Å². The summed E-state index contributed by atoms with van der Waals surface area (Å²) in [7, 11) is 2.09. The average molecular weight is 348 g/mol. The number of hydrogen-bond acceptors (Lipinski definition) is 2. The molecular formula is C14H20BrClN2O. The van der Waals surface area contributed by atoms with E-state index in [9.17, 15) is 4.79 Å². The summed E-state index contributed by atoms with van der Waals surface area (Å²) in [6, 6.07) is 5.69. The third-order valence-electron chi connectivity index (χ3n) is 3.03. The van der Waals surface area contributed by atoms with Crippen molar-refractivity contribution in [3.8, 4) is 0 Å². The van der Waals surface area contributed by atoms with Gasteiger partial charge in [0.25, 0.3) is 5.91 Å². The maximum absolute atomic E-state index is 12.0. The summed E-state index contributed by atoms with van der Waals surface area (Å²) in [5, 5.41) is 3.53. The van der Waals surface area contributed by atoms with Crippen molar-refractivity contribution in [2.24, 2.45) is 0 Å². The number of rotatable bonds is 6. The van der Waals surface area contributed by atoms with Gasteiger partial charge in [-0.2, -0.15) is 0 Å². The Balaban J connectivity index is 2.39. The van der Waals surface area contributed by atoms with Crippen LogP contribution in [-0.4, -0.2) is 37.0 Å². The molecule has 0 unspecified atom stereocenters. The third kappa shape index (κ3) is 5.51. The van der Waals surface area contributed by atoms with E-state index < -0.39 is 0 Å². The summed E-state index contributed by atoms with van der Waals surface area (Å²) in [6.45, 7) is 5.96. The van der Waals surface area contributed by atoms with Crippen LogP contribution >= 0.6 is 27.5 Å². The molecule has 1 rings (SSSR count). The first-order valence-electron chi connectivity index (χ1n) is 6.35. The Bertz CT molecular complexity index is 437. The molecule has 0 aromatic heterocycles. The lowest BCUT2D eigenvalue weighted by Gasteiger charge is -2.20. The van der Waals surface area contributed by atoms with Gasteiger partial charge in [0.2, 0.25) is 0 Å². The summed E-state index contributed by atoms with van der Waals surface area (Å²) in [6.07, 6.45) is 0.936. The van der Waals surface area contributed by atoms with Crippen molar-refractivity contribution in [2.75, 3.05) is 20.1 Å². The molecule has 0 atom stereocenters. The Morgan fingerprint density at radius 1 is 1.47 bits per heavy atom. The van der Waals surface area contributed by atoms with Crippen LogP contribution in [-0.2, 0) is 0 Å². The zero-order valence-corrected chi connectivity index (χ0v) is 13.9. The molecule has 1 amide bonds. The maximum atomic E-state index is 12.0. The van der Waals surface area contributed by atoms with Crippen LogP contribution in [0.15, 0.2) is 22.7 Å². The van der Waals surface area contributed by atoms with E-state index in [-0.39, 0.29) is 5.91 Å². The molecule has 0 radical (unpaired) electrons. The number of amides is 1. The van der Waals surface area contributed by atoms with Gasteiger partial charge in [-0.05, 0) is 68.0 Å². The molecule has 0 bridgehead atoms. The van der Waals surface area contributed by atoms with Crippen molar-refractivity contribution in [1.29, 1.82) is 0 Å². The van der Waals surface area contributed by atoms with Gasteiger partial charge in [0.15, 0.2) is 0 Å². The SMILES string of the molecule is CC(C)N(C)CCCNC(=O)c1ccc(Cl)cc1Br. The molecule has 1 aromatic carbocycles. The van der Waals surface area contributed by atoms with Crippen LogP contribution in [0.25, 0.3) is 0 Å². The fourth-order valence-corrected chi connectivity index (χ4v) is 2.42. The van der Waals surface area contributed by atoms with E-state index in [0.717, 1.165) is 17.4 Å². The Hall–Kier alpha value is -0.580. The molecule has 0 aliphatic carbocycles. The highest BCUT2D eigenvalue weighted by Gasteiger charge is 2.10. The minimum absolute atomic E-state index is 0.0734. The molecule has 1 N–H and O–H groups in total. The quantitative estimate of drug-likeness (QED) is 0.798. The smallest absolute Gasteiger partial charge is 0.252 e. The van der Waals surface area contributed by atoms with Gasteiger partial charge >= 0.3 is 0 Å². The maximum Gasteiger partial charge on any atom is 0.252 e. The molecule has 0 heterocycles. The van der Waals surface area contributed by atoms with Crippen molar-refractivity contribution in [3.05, 3.63) is 33.3 Å². The van der Waals surface area contributed by atoms with Crippen molar-refractivity contribution in [3.63, 3.8) is 0 Å². The van der Waals surface area contributed by atoms with Crippen LogP contribution in [0.1, 0.15) is 30.6 Å². The minimum atomic E-state index is -0.0734. The van der Waals surface area contributed by atoms with Crippen LogP contribution in [0.5, 0.6) is 0 Å². The zero-order valence-electron chi connectivity index (χ0n) is 11.5. The van der Waals surface area contributed by atoms with Crippen molar-refractivity contribution in [2.45, 2.75) is 26.3 Å². The number of nitrogens with zero attached hydrogens (tertiary/aromatic N) is 1. The Labute approximate surface area is 128 Å². The molecular weight excluding hydrogens is 328 g/mol. The van der Waals surface area contributed by atoms with E-state index >= 15 is 0 Å². The van der Waals surface area contributed by atoms with Crippen molar-refractivity contribution in [1.82, 2.24) is 10.2 Å². The summed E-state index contributed by atoms with van der Waals surface area (Å²) < 4.78 is 0.719. The number of benzene rings is 1. The average Bonchev–Trinajstić information content (AvgIpc) is 2.33. The summed E-state index contributed by atoms with van der Waals surface area (Å²) in [5.41, 5.74) is 0.613. The normalized spacial score (nSPS) is 11.1. The molecule has 0 saturated carbocycles. The lowest BCUT2D eigenvalue weighted by molar-refractivity contribution is 0.0951. The lowest BCUT2D eigenvalue weighted by Crippen LogP contribution is -2.31. The molecule has 1 aromatic rings. The highest BCUT2D eigenvalue weighted by atomic mass is 79.9. The summed E-state index contributed by atoms with van der Waals surface area (Å²) in [5.74, 6) is -0.0734. The van der Waals surface area contributed by atoms with Gasteiger partial charge in [-0.25, -0.2) is 0 Å². The fraction of sp³-hybridized carbons (Fsp3) is 0.500. The topological polar surface area (TPSA) is 32.3 Å². The standard InChI is InChI=1S/C14H20BrClN2O/c1-10(2)18(3)8-4-7-17-14(19)12-6-5-11(16)9-13(12)15/h5-6,9-10H,4,7-8H2,1-3H3,(H,17,19). The van der Waals surface area contributed by atoms with E-state index in [1.807, 2.05) is 0 Å². The van der Waals surface area contributed by atoms with Crippen molar-refractivity contribution >= 4 is 33.4 Å². The van der Waals surface area contributed by atoms with E-state index in [0.29, 0.717) is 23.2 Å². The number of carbonyl (C=O) groups excluding carboxylic acids is 1. The molecule has 0 spiro atoms. The first kappa shape index (κ1) is 16.5. The van der Waals surface area contributed by atoms with E-state index in [1.54, 1.807) is 18.2 Å². The number of nitrogens with one attached hydrogen (secondary N) is 1. The monoisotopic (exact) mass is 346 g/mol. The van der Waals surface area contributed by atoms with Crippen LogP contribution in [0.2, 0.25) is 5.02 Å². The summed E-state index contributed by atoms with van der Waals surface area (Å²) >= 11 is 9.19. The Morgan fingerprint density at radius 3 is 2.74 bits per heavy atom. The van der Waals surface area contributed by atoms with Gasteiger partial charge in [-0.15, -0.1) is 0 Å². The second kappa shape index (κ2) is 7.88. The second-order valence-corrected chi connectivity index (χ2v) is 6.10. The van der Waals surface area contributed by atoms with Gasteiger partial charge in [0, 0.05) is 22.1 Å². The molecule has 3 nitrogen and oxygen atoms in total. The summed E-state index contributed by atoms with van der Waals surface area (Å²) in [4.78, 5) is 14.2. The van der Waals surface area contributed by atoms with Gasteiger partial charge in [0.1, 0.15) is 0 Å². The zero-order chi connectivity index (χ0) is 14.4. The predicted octanol–water partition coefficient (Wildman–Crippen LogP) is 3.56. The largest absolute Gasteiger partial charge is 0.352 e. The number of carbonyl (C=O) groups is 1. The van der Waals surface area contributed by atoms with Crippen molar-refractivity contribution < 1.29 is 4.79 Å². The van der Waals surface area contributed by atoms with Gasteiger partial charge < -0.3 is 10.2 Å². The Morgan fingerprint density at radius 2 is 2.16 bits per heavy atom.